The number of rotatable bonds is 0. The van der Waals surface area contributed by atoms with Crippen LogP contribution in [0.1, 0.15) is 6.92 Å². The molecular formula is C5H16ClNO. The minimum absolute atomic E-state index is 0. The van der Waals surface area contributed by atoms with Crippen LogP contribution in [0.15, 0.2) is 0 Å². The van der Waals surface area contributed by atoms with Gasteiger partial charge in [-0.2, -0.15) is 0 Å². The van der Waals surface area contributed by atoms with E-state index in [4.69, 9.17) is 5.11 Å². The van der Waals surface area contributed by atoms with Crippen LogP contribution in [0.25, 0.3) is 0 Å². The maximum absolute atomic E-state index is 7.57. The number of aliphatic hydroxyl groups excluding tert-OH is 1. The van der Waals surface area contributed by atoms with Crippen LogP contribution in [-0.2, 0) is 0 Å². The van der Waals surface area contributed by atoms with Gasteiger partial charge in [-0.15, -0.1) is 0 Å². The zero-order valence-corrected chi connectivity index (χ0v) is 6.79. The van der Waals surface area contributed by atoms with Gasteiger partial charge in [-0.3, -0.25) is 0 Å². The highest BCUT2D eigenvalue weighted by Gasteiger charge is 1.61. The topological polar surface area (TPSA) is 24.7 Å². The highest BCUT2D eigenvalue weighted by atomic mass is 35.5. The summed E-state index contributed by atoms with van der Waals surface area (Å²) >= 11 is 0. The van der Waals surface area contributed by atoms with Gasteiger partial charge in [0.1, 0.15) is 0 Å². The molecule has 0 aliphatic heterocycles. The van der Waals surface area contributed by atoms with Gasteiger partial charge in [-0.1, -0.05) is 0 Å². The molecule has 8 heavy (non-hydrogen) atoms. The van der Waals surface area contributed by atoms with Gasteiger partial charge in [0.15, 0.2) is 0 Å². The molecule has 2 nitrogen and oxygen atoms in total. The number of aliphatic hydroxyl groups is 1. The molecule has 54 valence electrons. The number of halogens is 1. The Kier molecular flexibility index (Phi) is 30.8. The van der Waals surface area contributed by atoms with Crippen molar-refractivity contribution in [2.45, 2.75) is 6.92 Å². The Bertz CT molecular complexity index is 23.6. The molecule has 0 aromatic carbocycles. The number of quaternary nitrogens is 1. The summed E-state index contributed by atoms with van der Waals surface area (Å²) in [5, 5.41) is 7.57. The van der Waals surface area contributed by atoms with E-state index in [2.05, 4.69) is 21.1 Å². The first-order chi connectivity index (χ1) is 3.15. The maximum Gasteiger partial charge on any atom is 0.0661 e. The Morgan fingerprint density at radius 2 is 1.25 bits per heavy atom. The van der Waals surface area contributed by atoms with Gasteiger partial charge in [0.05, 0.1) is 21.1 Å². The predicted octanol–water partition coefficient (Wildman–Crippen LogP) is -4.24. The molecule has 0 spiro atoms. The normalized spacial score (nSPS) is 6.75. The molecule has 2 N–H and O–H groups in total. The Hall–Kier alpha value is 0.210. The zero-order valence-electron chi connectivity index (χ0n) is 6.03. The highest BCUT2D eigenvalue weighted by molar-refractivity contribution is 3.84. The average molecular weight is 142 g/mol. The first-order valence-corrected chi connectivity index (χ1v) is 2.52. The van der Waals surface area contributed by atoms with Crippen LogP contribution in [0.2, 0.25) is 0 Å². The van der Waals surface area contributed by atoms with E-state index in [9.17, 15) is 0 Å². The molecular weight excluding hydrogens is 126 g/mol. The first kappa shape index (κ1) is 15.7. The largest absolute Gasteiger partial charge is 1.00 e. The van der Waals surface area contributed by atoms with Crippen molar-refractivity contribution in [3.05, 3.63) is 0 Å². The molecule has 0 heterocycles. The summed E-state index contributed by atoms with van der Waals surface area (Å²) in [6.45, 7) is 1.93. The van der Waals surface area contributed by atoms with Crippen molar-refractivity contribution >= 4 is 0 Å². The molecule has 0 bridgehead atoms. The minimum atomic E-state index is 0. The smallest absolute Gasteiger partial charge is 0.0661 e. The van der Waals surface area contributed by atoms with Crippen LogP contribution in [0.3, 0.4) is 0 Å². The van der Waals surface area contributed by atoms with Gasteiger partial charge in [0, 0.05) is 6.61 Å². The molecule has 0 fully saturated rings. The predicted molar refractivity (Wildman–Crippen MR) is 31.5 cm³/mol. The van der Waals surface area contributed by atoms with Crippen molar-refractivity contribution in [1.82, 2.24) is 0 Å². The van der Waals surface area contributed by atoms with E-state index >= 15 is 0 Å². The lowest BCUT2D eigenvalue weighted by Crippen LogP contribution is -3.02. The van der Waals surface area contributed by atoms with Gasteiger partial charge in [-0.05, 0) is 6.92 Å². The molecule has 0 atom stereocenters. The third-order valence-corrected chi connectivity index (χ3v) is 0. The Balaban J connectivity index is -0.0000000575. The molecule has 0 radical (unpaired) electrons. The standard InChI is InChI=1S/C3H9N.C2H6O.ClH/c1-4(2)3;1-2-3;/h1-3H3;3H,2H2,1H3;1H. The molecule has 0 aliphatic rings. The van der Waals surface area contributed by atoms with Gasteiger partial charge < -0.3 is 22.4 Å². The fourth-order valence-corrected chi connectivity index (χ4v) is 0. The fraction of sp³-hybridized carbons (Fsp3) is 1.00. The van der Waals surface area contributed by atoms with Crippen LogP contribution >= 0.6 is 0 Å². The second kappa shape index (κ2) is 15.7. The van der Waals surface area contributed by atoms with E-state index in [0.29, 0.717) is 0 Å². The summed E-state index contributed by atoms with van der Waals surface area (Å²) in [6, 6.07) is 0. The lowest BCUT2D eigenvalue weighted by atomic mass is 10.9. The second-order valence-corrected chi connectivity index (χ2v) is 1.82. The Labute approximate surface area is 57.9 Å². The van der Waals surface area contributed by atoms with Crippen molar-refractivity contribution in [2.75, 3.05) is 27.7 Å². The number of nitrogens with one attached hydrogen (secondary N) is 1. The third-order valence-electron chi connectivity index (χ3n) is 0. The van der Waals surface area contributed by atoms with E-state index in [1.807, 2.05) is 0 Å². The molecule has 0 aliphatic carbocycles. The maximum atomic E-state index is 7.57. The summed E-state index contributed by atoms with van der Waals surface area (Å²) < 4.78 is 0. The van der Waals surface area contributed by atoms with Crippen LogP contribution in [0.4, 0.5) is 0 Å². The molecule has 0 amide bonds. The molecule has 3 heteroatoms. The average Bonchev–Trinajstić information content (AvgIpc) is 1.33. The molecule has 0 unspecified atom stereocenters. The van der Waals surface area contributed by atoms with E-state index in [1.165, 1.54) is 4.90 Å². The lowest BCUT2D eigenvalue weighted by Gasteiger charge is -1.88. The van der Waals surface area contributed by atoms with Crippen molar-refractivity contribution in [1.29, 1.82) is 0 Å². The van der Waals surface area contributed by atoms with Gasteiger partial charge in [-0.25, -0.2) is 0 Å². The molecule has 0 rings (SSSR count). The van der Waals surface area contributed by atoms with Crippen molar-refractivity contribution < 1.29 is 22.4 Å². The summed E-state index contributed by atoms with van der Waals surface area (Å²) in [6.07, 6.45) is 0. The number of hydrogen-bond acceptors (Lipinski definition) is 1. The molecule has 0 aromatic rings. The minimum Gasteiger partial charge on any atom is -1.00 e. The van der Waals surface area contributed by atoms with Crippen LogP contribution in [0, 0.1) is 0 Å². The number of hydrogen-bond donors (Lipinski definition) is 2. The quantitative estimate of drug-likeness (QED) is 0.351. The highest BCUT2D eigenvalue weighted by Crippen LogP contribution is 1.30. The first-order valence-electron chi connectivity index (χ1n) is 2.52. The molecule has 0 saturated heterocycles. The zero-order chi connectivity index (χ0) is 6.28. The molecule has 0 saturated carbocycles. The molecule has 0 aromatic heterocycles. The van der Waals surface area contributed by atoms with E-state index in [-0.39, 0.29) is 19.0 Å². The Morgan fingerprint density at radius 3 is 1.25 bits per heavy atom. The summed E-state index contributed by atoms with van der Waals surface area (Å²) in [7, 11) is 6.25. The third kappa shape index (κ3) is 3820. The summed E-state index contributed by atoms with van der Waals surface area (Å²) in [5.74, 6) is 0. The van der Waals surface area contributed by atoms with Crippen molar-refractivity contribution in [2.24, 2.45) is 0 Å². The fourth-order valence-electron chi connectivity index (χ4n) is 0. The monoisotopic (exact) mass is 141 g/mol. The van der Waals surface area contributed by atoms with E-state index in [0.717, 1.165) is 0 Å². The van der Waals surface area contributed by atoms with Gasteiger partial charge in [0.2, 0.25) is 0 Å². The van der Waals surface area contributed by atoms with Crippen LogP contribution in [-0.4, -0.2) is 32.9 Å². The van der Waals surface area contributed by atoms with Crippen molar-refractivity contribution in [3.63, 3.8) is 0 Å². The summed E-state index contributed by atoms with van der Waals surface area (Å²) in [5.41, 5.74) is 0. The van der Waals surface area contributed by atoms with Crippen molar-refractivity contribution in [3.8, 4) is 0 Å². The van der Waals surface area contributed by atoms with E-state index < -0.39 is 0 Å². The van der Waals surface area contributed by atoms with Crippen LogP contribution in [0.5, 0.6) is 0 Å². The Morgan fingerprint density at radius 1 is 1.25 bits per heavy atom. The SMILES string of the molecule is CCO.C[NH+](C)C.[Cl-]. The second-order valence-electron chi connectivity index (χ2n) is 1.82. The van der Waals surface area contributed by atoms with Gasteiger partial charge >= 0.3 is 0 Å². The van der Waals surface area contributed by atoms with Crippen LogP contribution < -0.4 is 17.3 Å². The lowest BCUT2D eigenvalue weighted by molar-refractivity contribution is -0.836. The van der Waals surface area contributed by atoms with Gasteiger partial charge in [0.25, 0.3) is 0 Å². The summed E-state index contributed by atoms with van der Waals surface area (Å²) in [4.78, 5) is 1.42. The van der Waals surface area contributed by atoms with E-state index in [1.54, 1.807) is 6.92 Å².